The number of nitrogens with one attached hydrogen (secondary N) is 1. The molecule has 3 aliphatic heterocycles. The number of likely N-dealkylation sites (N-methyl/N-ethyl adjacent to an activating group) is 1. The van der Waals surface area contributed by atoms with E-state index in [1.807, 2.05) is 12.1 Å². The van der Waals surface area contributed by atoms with Gasteiger partial charge in [-0.15, -0.1) is 0 Å². The lowest BCUT2D eigenvalue weighted by Crippen LogP contribution is -2.51. The molecule has 192 valence electrons. The molecule has 5 rings (SSSR count). The van der Waals surface area contributed by atoms with Gasteiger partial charge in [0.2, 0.25) is 0 Å². The second-order valence-corrected chi connectivity index (χ2v) is 10.1. The van der Waals surface area contributed by atoms with Crippen LogP contribution in [0.1, 0.15) is 36.1 Å². The van der Waals surface area contributed by atoms with Gasteiger partial charge in [0.25, 0.3) is 0 Å². The number of ether oxygens (including phenoxy) is 2. The van der Waals surface area contributed by atoms with Crippen LogP contribution in [0, 0.1) is 18.3 Å². The summed E-state index contributed by atoms with van der Waals surface area (Å²) < 4.78 is 11.8. The highest BCUT2D eigenvalue weighted by molar-refractivity contribution is 5.61. The monoisotopic (exact) mass is 491 g/mol. The lowest BCUT2D eigenvalue weighted by atomic mass is 10.0. The van der Waals surface area contributed by atoms with Gasteiger partial charge in [0.15, 0.2) is 0 Å². The molecular weight excluding hydrogens is 454 g/mol. The molecule has 0 spiro atoms. The number of hydrogen-bond acceptors (Lipinski definition) is 9. The van der Waals surface area contributed by atoms with Crippen molar-refractivity contribution in [3.8, 4) is 17.8 Å². The van der Waals surface area contributed by atoms with E-state index < -0.39 is 0 Å². The zero-order valence-corrected chi connectivity index (χ0v) is 21.7. The minimum atomic E-state index is 0.144. The fourth-order valence-electron chi connectivity index (χ4n) is 5.71. The van der Waals surface area contributed by atoms with Gasteiger partial charge >= 0.3 is 6.01 Å². The highest BCUT2D eigenvalue weighted by atomic mass is 16.5. The van der Waals surface area contributed by atoms with Gasteiger partial charge in [-0.25, -0.2) is 0 Å². The number of hydrogen-bond donors (Lipinski definition) is 1. The molecule has 1 aromatic carbocycles. The van der Waals surface area contributed by atoms with E-state index in [1.165, 1.54) is 17.7 Å². The molecule has 0 bridgehead atoms. The van der Waals surface area contributed by atoms with Crippen molar-refractivity contribution in [2.24, 2.45) is 0 Å². The van der Waals surface area contributed by atoms with Gasteiger partial charge < -0.3 is 29.5 Å². The van der Waals surface area contributed by atoms with Crippen LogP contribution in [0.5, 0.6) is 11.8 Å². The van der Waals surface area contributed by atoms with Gasteiger partial charge in [0.05, 0.1) is 31.8 Å². The predicted molar refractivity (Wildman–Crippen MR) is 140 cm³/mol. The van der Waals surface area contributed by atoms with Crippen molar-refractivity contribution < 1.29 is 9.47 Å². The summed E-state index contributed by atoms with van der Waals surface area (Å²) in [6, 6.07) is 9.53. The standard InChI is InChI=1S/C27H37N7O2/c1-19-24(7-4-8-25(19)35-3)33-14-10-22-23(17-33)30-27(36-18-21-6-5-13-32(21)2)31-26(22)34-15-12-29-20(16-34)9-11-28/h4,7-8,20-21,29H,5-6,9-10,12-18H2,1-3H3/t20-,21-/m0/s1. The van der Waals surface area contributed by atoms with E-state index in [1.54, 1.807) is 7.11 Å². The summed E-state index contributed by atoms with van der Waals surface area (Å²) in [7, 11) is 3.88. The quantitative estimate of drug-likeness (QED) is 0.627. The van der Waals surface area contributed by atoms with E-state index >= 15 is 0 Å². The average molecular weight is 492 g/mol. The molecule has 3 aliphatic rings. The fraction of sp³-hybridized carbons (Fsp3) is 0.593. The Morgan fingerprint density at radius 3 is 2.86 bits per heavy atom. The molecule has 0 saturated carbocycles. The van der Waals surface area contributed by atoms with Crippen molar-refractivity contribution in [1.29, 1.82) is 5.26 Å². The molecule has 9 heteroatoms. The molecule has 1 aromatic heterocycles. The van der Waals surface area contributed by atoms with E-state index in [9.17, 15) is 5.26 Å². The van der Waals surface area contributed by atoms with E-state index in [2.05, 4.69) is 46.1 Å². The fourth-order valence-corrected chi connectivity index (χ4v) is 5.71. The Labute approximate surface area is 214 Å². The Morgan fingerprint density at radius 2 is 2.08 bits per heavy atom. The van der Waals surface area contributed by atoms with Crippen LogP contribution >= 0.6 is 0 Å². The summed E-state index contributed by atoms with van der Waals surface area (Å²) in [6.45, 7) is 7.87. The Balaban J connectivity index is 1.44. The first-order valence-corrected chi connectivity index (χ1v) is 13.0. The van der Waals surface area contributed by atoms with Gasteiger partial charge in [-0.3, -0.25) is 0 Å². The van der Waals surface area contributed by atoms with Gasteiger partial charge in [0, 0.05) is 55.1 Å². The van der Waals surface area contributed by atoms with Crippen molar-refractivity contribution in [2.45, 2.75) is 51.2 Å². The highest BCUT2D eigenvalue weighted by Crippen LogP contribution is 2.35. The summed E-state index contributed by atoms with van der Waals surface area (Å²) in [6.07, 6.45) is 3.70. The number of anilines is 2. The Hall–Kier alpha value is -3.09. The molecular formula is C27H37N7O2. The number of piperazine rings is 1. The molecule has 9 nitrogen and oxygen atoms in total. The van der Waals surface area contributed by atoms with Crippen LogP contribution in [0.25, 0.3) is 0 Å². The second-order valence-electron chi connectivity index (χ2n) is 10.1. The maximum atomic E-state index is 9.23. The Kier molecular flexibility index (Phi) is 7.44. The number of likely N-dealkylation sites (tertiary alicyclic amines) is 1. The lowest BCUT2D eigenvalue weighted by molar-refractivity contribution is 0.187. The van der Waals surface area contributed by atoms with E-state index in [4.69, 9.17) is 19.4 Å². The summed E-state index contributed by atoms with van der Waals surface area (Å²) >= 11 is 0. The third kappa shape index (κ3) is 5.06. The second kappa shape index (κ2) is 10.9. The summed E-state index contributed by atoms with van der Waals surface area (Å²) in [5.74, 6) is 1.87. The van der Waals surface area contributed by atoms with Crippen LogP contribution in [-0.4, -0.2) is 80.4 Å². The van der Waals surface area contributed by atoms with Crippen LogP contribution in [0.15, 0.2) is 18.2 Å². The van der Waals surface area contributed by atoms with Gasteiger partial charge in [-0.2, -0.15) is 15.2 Å². The number of fused-ring (bicyclic) bond motifs is 1. The van der Waals surface area contributed by atoms with E-state index in [-0.39, 0.29) is 6.04 Å². The number of rotatable bonds is 7. The van der Waals surface area contributed by atoms with Gasteiger partial charge in [-0.05, 0) is 51.9 Å². The molecule has 0 amide bonds. The third-order valence-corrected chi connectivity index (χ3v) is 7.81. The SMILES string of the molecule is COc1cccc(N2CCc3c(nc(OC[C@@H]4CCCN4C)nc3N3CCN[C@@H](CC#N)C3)C2)c1C. The molecule has 4 heterocycles. The van der Waals surface area contributed by atoms with Crippen molar-refractivity contribution in [1.82, 2.24) is 20.2 Å². The predicted octanol–water partition coefficient (Wildman–Crippen LogP) is 2.52. The molecule has 36 heavy (non-hydrogen) atoms. The van der Waals surface area contributed by atoms with E-state index in [0.717, 1.165) is 68.4 Å². The average Bonchev–Trinajstić information content (AvgIpc) is 3.31. The Morgan fingerprint density at radius 1 is 1.19 bits per heavy atom. The highest BCUT2D eigenvalue weighted by Gasteiger charge is 2.30. The third-order valence-electron chi connectivity index (χ3n) is 7.81. The summed E-state index contributed by atoms with van der Waals surface area (Å²) in [5, 5.41) is 12.7. The molecule has 2 atom stereocenters. The number of nitrogens with zero attached hydrogens (tertiary/aromatic N) is 6. The molecule has 0 radical (unpaired) electrons. The molecule has 1 N–H and O–H groups in total. The van der Waals surface area contributed by atoms with E-state index in [0.29, 0.717) is 31.6 Å². The molecule has 0 aliphatic carbocycles. The first-order chi connectivity index (χ1) is 17.6. The minimum absolute atomic E-state index is 0.144. The van der Waals surface area contributed by atoms with Crippen LogP contribution in [0.3, 0.4) is 0 Å². The van der Waals surface area contributed by atoms with Crippen molar-refractivity contribution in [3.63, 3.8) is 0 Å². The molecule has 2 saturated heterocycles. The topological polar surface area (TPSA) is 89.8 Å². The normalized spacial score (nSPS) is 22.3. The van der Waals surface area contributed by atoms with Crippen LogP contribution in [0.2, 0.25) is 0 Å². The molecule has 2 aromatic rings. The zero-order chi connectivity index (χ0) is 25.1. The zero-order valence-electron chi connectivity index (χ0n) is 21.7. The smallest absolute Gasteiger partial charge is 0.318 e. The van der Waals surface area contributed by atoms with Crippen molar-refractivity contribution in [3.05, 3.63) is 35.0 Å². The van der Waals surface area contributed by atoms with Crippen molar-refractivity contribution >= 4 is 11.5 Å². The van der Waals surface area contributed by atoms with Crippen molar-refractivity contribution in [2.75, 3.05) is 63.3 Å². The van der Waals surface area contributed by atoms with Gasteiger partial charge in [0.1, 0.15) is 18.2 Å². The first kappa shape index (κ1) is 24.6. The maximum absolute atomic E-state index is 9.23. The number of aromatic nitrogens is 2. The summed E-state index contributed by atoms with van der Waals surface area (Å²) in [5.41, 5.74) is 4.54. The minimum Gasteiger partial charge on any atom is -0.496 e. The summed E-state index contributed by atoms with van der Waals surface area (Å²) in [4.78, 5) is 16.9. The number of nitriles is 1. The molecule has 2 fully saturated rings. The first-order valence-electron chi connectivity index (χ1n) is 13.0. The number of benzene rings is 1. The van der Waals surface area contributed by atoms with Crippen LogP contribution < -0.4 is 24.6 Å². The van der Waals surface area contributed by atoms with Crippen LogP contribution in [-0.2, 0) is 13.0 Å². The van der Waals surface area contributed by atoms with Gasteiger partial charge in [-0.1, -0.05) is 6.07 Å². The van der Waals surface area contributed by atoms with Crippen LogP contribution in [0.4, 0.5) is 11.5 Å². The largest absolute Gasteiger partial charge is 0.496 e. The molecule has 0 unspecified atom stereocenters. The number of methoxy groups -OCH3 is 1. The Bertz CT molecular complexity index is 1120. The maximum Gasteiger partial charge on any atom is 0.318 e. The lowest BCUT2D eigenvalue weighted by Gasteiger charge is -2.37.